The molecule has 1 saturated heterocycles. The summed E-state index contributed by atoms with van der Waals surface area (Å²) < 4.78 is 0. The standard InChI is InChI=1S/C23H24N4O/c1-18-5-2-3-6-22(18)26-13-4-14-27(16-15-26)23(28)20-9-7-19(8-10-20)21-17-24-11-12-25-21/h2-3,5-12,17H,4,13-16H2,1H3. The smallest absolute Gasteiger partial charge is 0.253 e. The second-order valence-corrected chi connectivity index (χ2v) is 7.09. The number of rotatable bonds is 3. The summed E-state index contributed by atoms with van der Waals surface area (Å²) in [5.74, 6) is 0.0947. The van der Waals surface area contributed by atoms with Crippen molar-refractivity contribution in [3.63, 3.8) is 0 Å². The van der Waals surface area contributed by atoms with Crippen LogP contribution in [0.1, 0.15) is 22.3 Å². The zero-order valence-electron chi connectivity index (χ0n) is 16.1. The zero-order valence-corrected chi connectivity index (χ0v) is 16.1. The van der Waals surface area contributed by atoms with Gasteiger partial charge in [0.15, 0.2) is 0 Å². The number of amides is 1. The largest absolute Gasteiger partial charge is 0.369 e. The molecular weight excluding hydrogens is 348 g/mol. The van der Waals surface area contributed by atoms with E-state index in [0.717, 1.165) is 49.4 Å². The van der Waals surface area contributed by atoms with Gasteiger partial charge in [-0.1, -0.05) is 30.3 Å². The van der Waals surface area contributed by atoms with Crippen molar-refractivity contribution in [2.75, 3.05) is 31.1 Å². The van der Waals surface area contributed by atoms with Gasteiger partial charge in [-0.3, -0.25) is 14.8 Å². The van der Waals surface area contributed by atoms with Crippen LogP contribution in [0.15, 0.2) is 67.1 Å². The molecule has 142 valence electrons. The fourth-order valence-electron chi connectivity index (χ4n) is 3.69. The molecule has 0 unspecified atom stereocenters. The predicted molar refractivity (Wildman–Crippen MR) is 111 cm³/mol. The lowest BCUT2D eigenvalue weighted by Gasteiger charge is -2.25. The number of hydrogen-bond donors (Lipinski definition) is 0. The highest BCUT2D eigenvalue weighted by molar-refractivity contribution is 5.94. The van der Waals surface area contributed by atoms with Crippen molar-refractivity contribution in [3.05, 3.63) is 78.2 Å². The van der Waals surface area contributed by atoms with E-state index in [9.17, 15) is 4.79 Å². The van der Waals surface area contributed by atoms with Crippen LogP contribution in [0.4, 0.5) is 5.69 Å². The normalized spacial score (nSPS) is 14.6. The van der Waals surface area contributed by atoms with Crippen molar-refractivity contribution in [1.29, 1.82) is 0 Å². The zero-order chi connectivity index (χ0) is 19.3. The third kappa shape index (κ3) is 3.88. The summed E-state index contributed by atoms with van der Waals surface area (Å²) in [5.41, 5.74) is 5.04. The molecule has 0 N–H and O–H groups in total. The fourth-order valence-corrected chi connectivity index (χ4v) is 3.69. The maximum Gasteiger partial charge on any atom is 0.253 e. The summed E-state index contributed by atoms with van der Waals surface area (Å²) in [4.78, 5) is 25.8. The monoisotopic (exact) mass is 372 g/mol. The van der Waals surface area contributed by atoms with Crippen molar-refractivity contribution in [2.45, 2.75) is 13.3 Å². The quantitative estimate of drug-likeness (QED) is 0.702. The molecule has 28 heavy (non-hydrogen) atoms. The van der Waals surface area contributed by atoms with Gasteiger partial charge in [-0.2, -0.15) is 0 Å². The molecule has 1 aromatic heterocycles. The van der Waals surface area contributed by atoms with E-state index < -0.39 is 0 Å². The average molecular weight is 372 g/mol. The molecule has 1 amide bonds. The van der Waals surface area contributed by atoms with E-state index in [1.54, 1.807) is 18.6 Å². The van der Waals surface area contributed by atoms with E-state index in [4.69, 9.17) is 0 Å². The Balaban J connectivity index is 1.44. The summed E-state index contributed by atoms with van der Waals surface area (Å²) in [5, 5.41) is 0. The van der Waals surface area contributed by atoms with Crippen LogP contribution in [0.25, 0.3) is 11.3 Å². The number of benzene rings is 2. The van der Waals surface area contributed by atoms with E-state index in [0.29, 0.717) is 0 Å². The molecule has 0 atom stereocenters. The second kappa shape index (κ2) is 8.21. The molecule has 0 saturated carbocycles. The van der Waals surface area contributed by atoms with Crippen molar-refractivity contribution in [2.24, 2.45) is 0 Å². The van der Waals surface area contributed by atoms with Gasteiger partial charge < -0.3 is 9.80 Å². The summed E-state index contributed by atoms with van der Waals surface area (Å²) in [6.45, 7) is 5.49. The Hall–Kier alpha value is -3.21. The molecular formula is C23H24N4O. The van der Waals surface area contributed by atoms with Gasteiger partial charge in [0.25, 0.3) is 5.91 Å². The van der Waals surface area contributed by atoms with Gasteiger partial charge in [0.1, 0.15) is 0 Å². The third-order valence-electron chi connectivity index (χ3n) is 5.23. The minimum Gasteiger partial charge on any atom is -0.369 e. The van der Waals surface area contributed by atoms with Crippen LogP contribution in [-0.2, 0) is 0 Å². The molecule has 3 aromatic rings. The lowest BCUT2D eigenvalue weighted by Crippen LogP contribution is -2.35. The molecule has 0 spiro atoms. The Morgan fingerprint density at radius 2 is 1.75 bits per heavy atom. The number of nitrogens with zero attached hydrogens (tertiary/aromatic N) is 4. The first-order valence-electron chi connectivity index (χ1n) is 9.69. The number of carbonyl (C=O) groups is 1. The molecule has 5 heteroatoms. The second-order valence-electron chi connectivity index (χ2n) is 7.09. The molecule has 5 nitrogen and oxygen atoms in total. The first kappa shape index (κ1) is 18.2. The highest BCUT2D eigenvalue weighted by Crippen LogP contribution is 2.22. The van der Waals surface area contributed by atoms with Gasteiger partial charge in [0, 0.05) is 55.4 Å². The summed E-state index contributed by atoms with van der Waals surface area (Å²) in [6, 6.07) is 16.1. The highest BCUT2D eigenvalue weighted by atomic mass is 16.2. The van der Waals surface area contributed by atoms with Crippen LogP contribution in [0, 0.1) is 6.92 Å². The SMILES string of the molecule is Cc1ccccc1N1CCCN(C(=O)c2ccc(-c3cnccn3)cc2)CC1. The maximum atomic E-state index is 13.0. The van der Waals surface area contributed by atoms with E-state index >= 15 is 0 Å². The van der Waals surface area contributed by atoms with Crippen molar-refractivity contribution < 1.29 is 4.79 Å². The first-order valence-corrected chi connectivity index (χ1v) is 9.69. The van der Waals surface area contributed by atoms with Crippen molar-refractivity contribution >= 4 is 11.6 Å². The number of para-hydroxylation sites is 1. The summed E-state index contributed by atoms with van der Waals surface area (Å²) in [6.07, 6.45) is 6.02. The Kier molecular flexibility index (Phi) is 5.33. The molecule has 0 radical (unpaired) electrons. The number of hydrogen-bond acceptors (Lipinski definition) is 4. The molecule has 0 bridgehead atoms. The van der Waals surface area contributed by atoms with Gasteiger partial charge in [0.2, 0.25) is 0 Å². The predicted octanol–water partition coefficient (Wildman–Crippen LogP) is 3.80. The molecule has 1 fully saturated rings. The molecule has 2 aromatic carbocycles. The van der Waals surface area contributed by atoms with Gasteiger partial charge in [-0.25, -0.2) is 0 Å². The van der Waals surface area contributed by atoms with Crippen molar-refractivity contribution in [1.82, 2.24) is 14.9 Å². The lowest BCUT2D eigenvalue weighted by atomic mass is 10.1. The van der Waals surface area contributed by atoms with Gasteiger partial charge in [0.05, 0.1) is 11.9 Å². The van der Waals surface area contributed by atoms with Crippen LogP contribution < -0.4 is 4.90 Å². The Bertz CT molecular complexity index is 940. The third-order valence-corrected chi connectivity index (χ3v) is 5.23. The molecule has 1 aliphatic rings. The van der Waals surface area contributed by atoms with Gasteiger partial charge in [-0.15, -0.1) is 0 Å². The Labute approximate surface area is 165 Å². The molecule has 2 heterocycles. The molecule has 0 aliphatic carbocycles. The van der Waals surface area contributed by atoms with Gasteiger partial charge >= 0.3 is 0 Å². The number of aromatic nitrogens is 2. The number of carbonyl (C=O) groups excluding carboxylic acids is 1. The van der Waals surface area contributed by atoms with Gasteiger partial charge in [-0.05, 0) is 37.1 Å². The van der Waals surface area contributed by atoms with Crippen LogP contribution >= 0.6 is 0 Å². The van der Waals surface area contributed by atoms with Crippen molar-refractivity contribution in [3.8, 4) is 11.3 Å². The topological polar surface area (TPSA) is 49.3 Å². The average Bonchev–Trinajstić information content (AvgIpc) is 3.00. The van der Waals surface area contributed by atoms with Crippen LogP contribution in [0.5, 0.6) is 0 Å². The summed E-state index contributed by atoms with van der Waals surface area (Å²) >= 11 is 0. The van der Waals surface area contributed by atoms with Crippen LogP contribution in [0.2, 0.25) is 0 Å². The number of anilines is 1. The number of aryl methyl sites for hydroxylation is 1. The Morgan fingerprint density at radius 1 is 0.929 bits per heavy atom. The molecule has 1 aliphatic heterocycles. The van der Waals surface area contributed by atoms with E-state index in [1.807, 2.05) is 29.2 Å². The minimum atomic E-state index is 0.0947. The summed E-state index contributed by atoms with van der Waals surface area (Å²) in [7, 11) is 0. The van der Waals surface area contributed by atoms with E-state index in [-0.39, 0.29) is 5.91 Å². The Morgan fingerprint density at radius 3 is 2.50 bits per heavy atom. The highest BCUT2D eigenvalue weighted by Gasteiger charge is 2.21. The maximum absolute atomic E-state index is 13.0. The van der Waals surface area contributed by atoms with E-state index in [1.165, 1.54) is 11.3 Å². The molecule has 4 rings (SSSR count). The fraction of sp³-hybridized carbons (Fsp3) is 0.261. The van der Waals surface area contributed by atoms with Crippen LogP contribution in [-0.4, -0.2) is 47.0 Å². The minimum absolute atomic E-state index is 0.0947. The first-order chi connectivity index (χ1) is 13.7. The lowest BCUT2D eigenvalue weighted by molar-refractivity contribution is 0.0767. The van der Waals surface area contributed by atoms with Crippen LogP contribution in [0.3, 0.4) is 0 Å². The van der Waals surface area contributed by atoms with E-state index in [2.05, 4.69) is 46.1 Å².